The number of nitrogens with two attached hydrogens (primary N) is 1. The van der Waals surface area contributed by atoms with Gasteiger partial charge >= 0.3 is 0 Å². The molecule has 0 saturated heterocycles. The first-order valence-electron chi connectivity index (χ1n) is 12.8. The van der Waals surface area contributed by atoms with Gasteiger partial charge in [0.2, 0.25) is 0 Å². The van der Waals surface area contributed by atoms with Gasteiger partial charge in [-0.2, -0.15) is 0 Å². The number of carbonyl (C=O) groups excluding carboxylic acids is 1. The molecular formula is C26H41N5O. The van der Waals surface area contributed by atoms with Crippen LogP contribution in [-0.4, -0.2) is 46.9 Å². The van der Waals surface area contributed by atoms with E-state index in [1.807, 2.05) is 18.5 Å². The Bertz CT molecular complexity index is 776. The van der Waals surface area contributed by atoms with Crippen LogP contribution in [0.2, 0.25) is 0 Å². The predicted octanol–water partition coefficient (Wildman–Crippen LogP) is 4.05. The molecule has 1 amide bonds. The Morgan fingerprint density at radius 1 is 1.16 bits per heavy atom. The molecular weight excluding hydrogens is 398 g/mol. The lowest BCUT2D eigenvalue weighted by molar-refractivity contribution is -0.131. The maximum absolute atomic E-state index is 13.3. The molecule has 1 aromatic heterocycles. The average Bonchev–Trinajstić information content (AvgIpc) is 3.03. The summed E-state index contributed by atoms with van der Waals surface area (Å²) in [4.78, 5) is 23.9. The van der Waals surface area contributed by atoms with E-state index in [0.29, 0.717) is 17.9 Å². The third-order valence-electron chi connectivity index (χ3n) is 8.04. The maximum Gasteiger partial charge on any atom is 0.257 e. The van der Waals surface area contributed by atoms with E-state index in [0.717, 1.165) is 44.6 Å². The van der Waals surface area contributed by atoms with E-state index in [9.17, 15) is 4.79 Å². The maximum atomic E-state index is 13.3. The van der Waals surface area contributed by atoms with Crippen LogP contribution in [0.4, 0.5) is 0 Å². The van der Waals surface area contributed by atoms with E-state index in [1.165, 1.54) is 56.9 Å². The number of aliphatic imine (C=N–C) groups is 1. The van der Waals surface area contributed by atoms with Gasteiger partial charge in [0.1, 0.15) is 5.54 Å². The van der Waals surface area contributed by atoms with Crippen molar-refractivity contribution in [3.63, 3.8) is 0 Å². The molecule has 2 heterocycles. The summed E-state index contributed by atoms with van der Waals surface area (Å²) < 4.78 is 0. The summed E-state index contributed by atoms with van der Waals surface area (Å²) >= 11 is 0. The number of pyridine rings is 1. The Balaban J connectivity index is 1.34. The lowest BCUT2D eigenvalue weighted by Crippen LogP contribution is -2.45. The lowest BCUT2D eigenvalue weighted by Gasteiger charge is -2.35. The molecule has 6 nitrogen and oxygen atoms in total. The summed E-state index contributed by atoms with van der Waals surface area (Å²) in [5.41, 5.74) is 6.79. The summed E-state index contributed by atoms with van der Waals surface area (Å²) in [6.45, 7) is 0.975. The topological polar surface area (TPSA) is 83.6 Å². The van der Waals surface area contributed by atoms with Gasteiger partial charge in [-0.15, -0.1) is 0 Å². The number of likely N-dealkylation sites (N-methyl/N-ethyl adjacent to an activating group) is 1. The second kappa shape index (κ2) is 10.8. The number of hydrogen-bond acceptors (Lipinski definition) is 5. The van der Waals surface area contributed by atoms with Crippen molar-refractivity contribution in [3.8, 4) is 0 Å². The fraction of sp³-hybridized carbons (Fsp3) is 0.731. The minimum atomic E-state index is -0.626. The van der Waals surface area contributed by atoms with Crippen molar-refractivity contribution in [3.05, 3.63) is 30.1 Å². The van der Waals surface area contributed by atoms with Gasteiger partial charge in [0, 0.05) is 25.5 Å². The predicted molar refractivity (Wildman–Crippen MR) is 129 cm³/mol. The molecule has 6 heteroatoms. The van der Waals surface area contributed by atoms with Gasteiger partial charge in [-0.1, -0.05) is 51.0 Å². The third-order valence-corrected chi connectivity index (χ3v) is 8.04. The van der Waals surface area contributed by atoms with E-state index >= 15 is 0 Å². The minimum Gasteiger partial charge on any atom is -0.369 e. The molecule has 2 fully saturated rings. The molecule has 0 aromatic carbocycles. The van der Waals surface area contributed by atoms with Crippen LogP contribution in [0.25, 0.3) is 0 Å². The van der Waals surface area contributed by atoms with Crippen LogP contribution in [0.3, 0.4) is 0 Å². The standard InChI is InChI=1S/C26H41N5O/c1-31-24(32)26(30-25(31)27,14-12-20-7-3-2-4-8-20)18-22-9-5-11-23(17-22)29-16-13-21-10-6-15-28-19-21/h6,10,15,19-20,22-23,29H,2-5,7-9,11-14,16-18H2,1H3,(H2,27,30)/t22-,23-,26-/m1/s1. The SMILES string of the molecule is CN1C(=O)[C@@](CCC2CCCCC2)(C[C@@H]2CCC[C@@H](NCCc3cccnc3)C2)N=C1N. The number of nitrogens with one attached hydrogen (secondary N) is 1. The molecule has 0 bridgehead atoms. The van der Waals surface area contributed by atoms with Crippen LogP contribution >= 0.6 is 0 Å². The number of guanidine groups is 1. The van der Waals surface area contributed by atoms with Crippen LogP contribution in [0, 0.1) is 11.8 Å². The zero-order valence-electron chi connectivity index (χ0n) is 19.8. The molecule has 0 unspecified atom stereocenters. The molecule has 32 heavy (non-hydrogen) atoms. The summed E-state index contributed by atoms with van der Waals surface area (Å²) in [5.74, 6) is 1.81. The Hall–Kier alpha value is -1.95. The molecule has 2 saturated carbocycles. The van der Waals surface area contributed by atoms with E-state index in [2.05, 4.69) is 16.4 Å². The number of carbonyl (C=O) groups is 1. The van der Waals surface area contributed by atoms with Crippen LogP contribution in [0.5, 0.6) is 0 Å². The highest BCUT2D eigenvalue weighted by molar-refractivity contribution is 6.06. The Labute approximate surface area is 193 Å². The van der Waals surface area contributed by atoms with Crippen molar-refractivity contribution in [2.24, 2.45) is 22.6 Å². The third kappa shape index (κ3) is 5.69. The van der Waals surface area contributed by atoms with Crippen molar-refractivity contribution < 1.29 is 4.79 Å². The normalized spacial score (nSPS) is 29.3. The van der Waals surface area contributed by atoms with Gasteiger partial charge in [-0.25, -0.2) is 4.99 Å². The van der Waals surface area contributed by atoms with Gasteiger partial charge in [-0.05, 0) is 68.5 Å². The monoisotopic (exact) mass is 439 g/mol. The lowest BCUT2D eigenvalue weighted by atomic mass is 9.74. The van der Waals surface area contributed by atoms with Crippen LogP contribution in [-0.2, 0) is 11.2 Å². The first-order valence-corrected chi connectivity index (χ1v) is 12.8. The van der Waals surface area contributed by atoms with Gasteiger partial charge in [0.25, 0.3) is 5.91 Å². The molecule has 0 spiro atoms. The fourth-order valence-corrected chi connectivity index (χ4v) is 6.18. The van der Waals surface area contributed by atoms with E-state index in [1.54, 1.807) is 11.9 Å². The average molecular weight is 440 g/mol. The van der Waals surface area contributed by atoms with Crippen molar-refractivity contribution in [1.29, 1.82) is 0 Å². The van der Waals surface area contributed by atoms with E-state index < -0.39 is 5.54 Å². The number of hydrogen-bond donors (Lipinski definition) is 2. The smallest absolute Gasteiger partial charge is 0.257 e. The zero-order valence-corrected chi connectivity index (χ0v) is 19.8. The first-order chi connectivity index (χ1) is 15.6. The van der Waals surface area contributed by atoms with Gasteiger partial charge in [-0.3, -0.25) is 14.7 Å². The Morgan fingerprint density at radius 3 is 2.69 bits per heavy atom. The number of nitrogens with zero attached hydrogens (tertiary/aromatic N) is 3. The molecule has 2 aliphatic carbocycles. The molecule has 1 aliphatic heterocycles. The summed E-state index contributed by atoms with van der Waals surface area (Å²) in [6.07, 6.45) is 19.0. The van der Waals surface area contributed by atoms with Crippen molar-refractivity contribution in [1.82, 2.24) is 15.2 Å². The number of amides is 1. The zero-order chi connectivity index (χ0) is 22.4. The second-order valence-corrected chi connectivity index (χ2v) is 10.4. The van der Waals surface area contributed by atoms with Gasteiger partial charge < -0.3 is 11.1 Å². The molecule has 0 radical (unpaired) electrons. The molecule has 3 aliphatic rings. The minimum absolute atomic E-state index is 0.123. The van der Waals surface area contributed by atoms with Crippen LogP contribution in [0.15, 0.2) is 29.5 Å². The molecule has 176 valence electrons. The van der Waals surface area contributed by atoms with Gasteiger partial charge in [0.05, 0.1) is 0 Å². The largest absolute Gasteiger partial charge is 0.369 e. The highest BCUT2D eigenvalue weighted by atomic mass is 16.2. The fourth-order valence-electron chi connectivity index (χ4n) is 6.18. The highest BCUT2D eigenvalue weighted by Crippen LogP contribution is 2.40. The molecule has 1 aromatic rings. The molecule has 3 atom stereocenters. The first kappa shape index (κ1) is 23.2. The number of aromatic nitrogens is 1. The van der Waals surface area contributed by atoms with Crippen molar-refractivity contribution >= 4 is 11.9 Å². The van der Waals surface area contributed by atoms with Crippen LogP contribution in [0.1, 0.15) is 82.6 Å². The van der Waals surface area contributed by atoms with E-state index in [-0.39, 0.29) is 5.91 Å². The molecule has 4 rings (SSSR count). The summed E-state index contributed by atoms with van der Waals surface area (Å²) in [7, 11) is 1.78. The van der Waals surface area contributed by atoms with Crippen molar-refractivity contribution in [2.75, 3.05) is 13.6 Å². The Kier molecular flexibility index (Phi) is 7.82. The Morgan fingerprint density at radius 2 is 1.97 bits per heavy atom. The molecule has 3 N–H and O–H groups in total. The van der Waals surface area contributed by atoms with Crippen LogP contribution < -0.4 is 11.1 Å². The quantitative estimate of drug-likeness (QED) is 0.608. The summed E-state index contributed by atoms with van der Waals surface area (Å²) in [5, 5.41) is 3.77. The number of rotatable bonds is 9. The van der Waals surface area contributed by atoms with E-state index in [4.69, 9.17) is 10.7 Å². The second-order valence-electron chi connectivity index (χ2n) is 10.4. The highest BCUT2D eigenvalue weighted by Gasteiger charge is 2.47. The van der Waals surface area contributed by atoms with Crippen molar-refractivity contribution in [2.45, 2.75) is 95.1 Å². The van der Waals surface area contributed by atoms with Gasteiger partial charge in [0.15, 0.2) is 5.96 Å². The summed E-state index contributed by atoms with van der Waals surface area (Å²) in [6, 6.07) is 4.66.